The number of ether oxygens (including phenoxy) is 3. The van der Waals surface area contributed by atoms with Crippen molar-refractivity contribution in [2.24, 2.45) is 0 Å². The number of pyridine rings is 1. The van der Waals surface area contributed by atoms with Crippen LogP contribution < -0.4 is 15.4 Å². The van der Waals surface area contributed by atoms with Crippen LogP contribution in [0.1, 0.15) is 28.8 Å². The molecule has 2 amide bonds. The molecule has 162 valence electrons. The van der Waals surface area contributed by atoms with Gasteiger partial charge in [-0.15, -0.1) is 11.3 Å². The monoisotopic (exact) mass is 445 g/mol. The second-order valence-electron chi connectivity index (χ2n) is 7.03. The van der Waals surface area contributed by atoms with Gasteiger partial charge in [-0.2, -0.15) is 13.2 Å². The summed E-state index contributed by atoms with van der Waals surface area (Å²) in [5, 5.41) is 6.41. The Bertz CT molecular complexity index is 970. The third-order valence-corrected chi connectivity index (χ3v) is 5.86. The number of alkyl halides is 3. The highest BCUT2D eigenvalue weighted by Crippen LogP contribution is 2.40. The normalized spacial score (nSPS) is 21.5. The number of carbonyl (C=O) groups is 2. The molecular formula is C18H18F3N3O5S. The van der Waals surface area contributed by atoms with E-state index in [0.29, 0.717) is 26.1 Å². The first-order valence-electron chi connectivity index (χ1n) is 9.17. The zero-order valence-electron chi connectivity index (χ0n) is 15.7. The third kappa shape index (κ3) is 4.15. The predicted octanol–water partition coefficient (Wildman–Crippen LogP) is 2.71. The summed E-state index contributed by atoms with van der Waals surface area (Å²) in [5.41, 5.74) is -0.892. The summed E-state index contributed by atoms with van der Waals surface area (Å²) in [6.45, 7) is 0.750. The highest BCUT2D eigenvalue weighted by molar-refractivity contribution is 7.17. The molecule has 2 fully saturated rings. The topological polar surface area (TPSA) is 98.8 Å². The first-order valence-corrected chi connectivity index (χ1v) is 10.1. The van der Waals surface area contributed by atoms with Gasteiger partial charge in [-0.25, -0.2) is 9.78 Å². The fourth-order valence-corrected chi connectivity index (χ4v) is 4.16. The van der Waals surface area contributed by atoms with Crippen molar-refractivity contribution in [2.75, 3.05) is 20.3 Å². The van der Waals surface area contributed by atoms with E-state index in [4.69, 9.17) is 14.2 Å². The minimum atomic E-state index is -4.62. The first kappa shape index (κ1) is 20.7. The van der Waals surface area contributed by atoms with Crippen molar-refractivity contribution < 1.29 is 37.0 Å². The van der Waals surface area contributed by atoms with Gasteiger partial charge in [0.25, 0.3) is 5.91 Å². The van der Waals surface area contributed by atoms with Crippen LogP contribution in [0, 0.1) is 0 Å². The summed E-state index contributed by atoms with van der Waals surface area (Å²) in [7, 11) is 1.39. The number of alkyl carbamates (subject to hydrolysis) is 1. The van der Waals surface area contributed by atoms with Crippen LogP contribution in [0.25, 0.3) is 10.2 Å². The number of nitrogens with zero attached hydrogens (tertiary/aromatic N) is 1. The van der Waals surface area contributed by atoms with Crippen LogP contribution in [0.2, 0.25) is 0 Å². The van der Waals surface area contributed by atoms with Crippen LogP contribution in [0.3, 0.4) is 0 Å². The van der Waals surface area contributed by atoms with E-state index in [1.807, 2.05) is 0 Å². The van der Waals surface area contributed by atoms with Gasteiger partial charge < -0.3 is 24.8 Å². The van der Waals surface area contributed by atoms with Crippen LogP contribution in [-0.2, 0) is 15.7 Å². The molecule has 2 aromatic heterocycles. The van der Waals surface area contributed by atoms with Gasteiger partial charge in [0, 0.05) is 37.4 Å². The SMILES string of the molecule is CNC(=O)c1csc2c(C(F)(F)F)cc(OC3CC(NC(=O)OC4COC4)C3)nc12. The highest BCUT2D eigenvalue weighted by atomic mass is 32.1. The molecule has 1 saturated carbocycles. The van der Waals surface area contributed by atoms with Gasteiger partial charge >= 0.3 is 12.3 Å². The van der Waals surface area contributed by atoms with Crippen molar-refractivity contribution in [1.29, 1.82) is 0 Å². The van der Waals surface area contributed by atoms with Crippen LogP contribution in [-0.4, -0.2) is 55.5 Å². The Balaban J connectivity index is 1.45. The summed E-state index contributed by atoms with van der Waals surface area (Å²) in [4.78, 5) is 27.8. The molecule has 4 rings (SSSR count). The van der Waals surface area contributed by atoms with Gasteiger partial charge in [0.1, 0.15) is 6.10 Å². The van der Waals surface area contributed by atoms with E-state index in [2.05, 4.69) is 15.6 Å². The highest BCUT2D eigenvalue weighted by Gasteiger charge is 2.37. The smallest absolute Gasteiger partial charge is 0.418 e. The molecule has 0 bridgehead atoms. The molecule has 0 radical (unpaired) electrons. The van der Waals surface area contributed by atoms with Gasteiger partial charge in [-0.05, 0) is 0 Å². The van der Waals surface area contributed by atoms with E-state index in [9.17, 15) is 22.8 Å². The second-order valence-corrected chi connectivity index (χ2v) is 7.91. The second kappa shape index (κ2) is 7.91. The van der Waals surface area contributed by atoms with E-state index in [0.717, 1.165) is 17.4 Å². The molecule has 1 aliphatic carbocycles. The standard InChI is InChI=1S/C18H18F3N3O5S/c1-22-16(25)11-7-30-15-12(18(19,20)21)4-13(24-14(11)15)28-9-2-8(3-9)23-17(26)29-10-5-27-6-10/h4,7-10H,2-3,5-6H2,1H3,(H,22,25)(H,23,26). The molecular weight excluding hydrogens is 427 g/mol. The average molecular weight is 445 g/mol. The minimum Gasteiger partial charge on any atom is -0.474 e. The lowest BCUT2D eigenvalue weighted by atomic mass is 9.89. The Hall–Kier alpha value is -2.60. The van der Waals surface area contributed by atoms with Crippen LogP contribution >= 0.6 is 11.3 Å². The van der Waals surface area contributed by atoms with E-state index in [1.54, 1.807) is 0 Å². The number of fused-ring (bicyclic) bond motifs is 1. The van der Waals surface area contributed by atoms with Crippen LogP contribution in [0.15, 0.2) is 11.4 Å². The Morgan fingerprint density at radius 1 is 1.27 bits per heavy atom. The number of rotatable bonds is 5. The zero-order valence-corrected chi connectivity index (χ0v) is 16.6. The maximum absolute atomic E-state index is 13.5. The summed E-state index contributed by atoms with van der Waals surface area (Å²) in [6.07, 6.45) is -5.02. The average Bonchev–Trinajstić information content (AvgIpc) is 3.04. The van der Waals surface area contributed by atoms with Crippen molar-refractivity contribution in [2.45, 2.75) is 37.3 Å². The molecule has 2 aromatic rings. The molecule has 12 heteroatoms. The van der Waals surface area contributed by atoms with Gasteiger partial charge in [-0.3, -0.25) is 4.79 Å². The van der Waals surface area contributed by atoms with Crippen molar-refractivity contribution >= 4 is 33.6 Å². The number of thiophene rings is 1. The summed E-state index contributed by atoms with van der Waals surface area (Å²) >= 11 is 0.808. The quantitative estimate of drug-likeness (QED) is 0.735. The summed E-state index contributed by atoms with van der Waals surface area (Å²) < 4.78 is 56.1. The fraction of sp³-hybridized carbons (Fsp3) is 0.500. The lowest BCUT2D eigenvalue weighted by Crippen LogP contribution is -2.51. The Morgan fingerprint density at radius 2 is 2.00 bits per heavy atom. The lowest BCUT2D eigenvalue weighted by molar-refractivity contribution is -0.136. The summed E-state index contributed by atoms with van der Waals surface area (Å²) in [5.74, 6) is -0.738. The molecule has 8 nitrogen and oxygen atoms in total. The third-order valence-electron chi connectivity index (χ3n) is 4.86. The molecule has 1 saturated heterocycles. The molecule has 2 N–H and O–H groups in total. The number of hydrogen-bond donors (Lipinski definition) is 2. The molecule has 0 atom stereocenters. The number of aromatic nitrogens is 1. The van der Waals surface area contributed by atoms with E-state index < -0.39 is 29.8 Å². The number of halogens is 3. The maximum atomic E-state index is 13.5. The molecule has 0 aromatic carbocycles. The predicted molar refractivity (Wildman–Crippen MR) is 99.7 cm³/mol. The molecule has 0 unspecified atom stereocenters. The molecule has 3 heterocycles. The van der Waals surface area contributed by atoms with Gasteiger partial charge in [-0.1, -0.05) is 0 Å². The minimum absolute atomic E-state index is 0.0514. The van der Waals surface area contributed by atoms with E-state index >= 15 is 0 Å². The largest absolute Gasteiger partial charge is 0.474 e. The number of hydrogen-bond acceptors (Lipinski definition) is 7. The first-order chi connectivity index (χ1) is 14.2. The maximum Gasteiger partial charge on any atom is 0.418 e. The van der Waals surface area contributed by atoms with Crippen molar-refractivity contribution in [3.05, 3.63) is 22.6 Å². The number of amides is 2. The number of nitrogens with one attached hydrogen (secondary N) is 2. The Morgan fingerprint density at radius 3 is 2.60 bits per heavy atom. The van der Waals surface area contributed by atoms with E-state index in [1.165, 1.54) is 12.4 Å². The molecule has 1 aliphatic heterocycles. The van der Waals surface area contributed by atoms with E-state index in [-0.39, 0.29) is 33.8 Å². The lowest BCUT2D eigenvalue weighted by Gasteiger charge is -2.36. The van der Waals surface area contributed by atoms with Crippen molar-refractivity contribution in [3.8, 4) is 5.88 Å². The van der Waals surface area contributed by atoms with Crippen molar-refractivity contribution in [3.63, 3.8) is 0 Å². The molecule has 2 aliphatic rings. The molecule has 30 heavy (non-hydrogen) atoms. The van der Waals surface area contributed by atoms with Crippen LogP contribution in [0.4, 0.5) is 18.0 Å². The van der Waals surface area contributed by atoms with Crippen LogP contribution in [0.5, 0.6) is 5.88 Å². The Labute approximate surface area is 172 Å². The molecule has 0 spiro atoms. The fourth-order valence-electron chi connectivity index (χ4n) is 3.14. The summed E-state index contributed by atoms with van der Waals surface area (Å²) in [6, 6.07) is 0.648. The number of carbonyl (C=O) groups excluding carboxylic acids is 2. The van der Waals surface area contributed by atoms with Crippen molar-refractivity contribution in [1.82, 2.24) is 15.6 Å². The van der Waals surface area contributed by atoms with Gasteiger partial charge in [0.05, 0.1) is 34.6 Å². The van der Waals surface area contributed by atoms with Gasteiger partial charge in [0.15, 0.2) is 6.10 Å². The van der Waals surface area contributed by atoms with Gasteiger partial charge in [0.2, 0.25) is 5.88 Å². The Kier molecular flexibility index (Phi) is 5.45. The zero-order chi connectivity index (χ0) is 21.5.